The number of esters is 1. The maximum Gasteiger partial charge on any atom is 0.330 e. The Morgan fingerprint density at radius 1 is 1.24 bits per heavy atom. The van der Waals surface area contributed by atoms with E-state index in [-0.39, 0.29) is 23.7 Å². The fourth-order valence-corrected chi connectivity index (χ4v) is 2.45. The van der Waals surface area contributed by atoms with Crippen LogP contribution >= 0.6 is 11.6 Å². The van der Waals surface area contributed by atoms with Crippen molar-refractivity contribution < 1.29 is 14.3 Å². The van der Waals surface area contributed by atoms with Gasteiger partial charge in [-0.2, -0.15) is 0 Å². The molecule has 0 aliphatic heterocycles. The SMILES string of the molecule is C=CC(=O)OC1CCCCCCC1C(=O)CCl. The van der Waals surface area contributed by atoms with Crippen molar-refractivity contribution in [1.29, 1.82) is 0 Å². The largest absolute Gasteiger partial charge is 0.458 e. The second-order valence-corrected chi connectivity index (χ2v) is 4.64. The van der Waals surface area contributed by atoms with E-state index in [1.54, 1.807) is 0 Å². The molecule has 96 valence electrons. The van der Waals surface area contributed by atoms with Crippen molar-refractivity contribution >= 4 is 23.4 Å². The summed E-state index contributed by atoms with van der Waals surface area (Å²) in [7, 11) is 0. The smallest absolute Gasteiger partial charge is 0.330 e. The van der Waals surface area contributed by atoms with E-state index < -0.39 is 5.97 Å². The van der Waals surface area contributed by atoms with Crippen LogP contribution in [0.3, 0.4) is 0 Å². The average molecular weight is 259 g/mol. The molecule has 0 N–H and O–H groups in total. The van der Waals surface area contributed by atoms with Crippen molar-refractivity contribution in [2.24, 2.45) is 5.92 Å². The molecule has 1 saturated carbocycles. The fourth-order valence-electron chi connectivity index (χ4n) is 2.26. The van der Waals surface area contributed by atoms with E-state index in [0.717, 1.165) is 44.6 Å². The van der Waals surface area contributed by atoms with Crippen molar-refractivity contribution in [3.63, 3.8) is 0 Å². The molecule has 2 unspecified atom stereocenters. The lowest BCUT2D eigenvalue weighted by Crippen LogP contribution is -2.34. The Balaban J connectivity index is 2.70. The number of Topliss-reactive ketones (excluding diaryl/α,β-unsaturated/α-hetero) is 1. The molecule has 4 heteroatoms. The molecule has 0 aromatic heterocycles. The standard InChI is InChI=1S/C13H19ClO3/c1-2-13(16)17-12-8-6-4-3-5-7-10(12)11(15)9-14/h2,10,12H,1,3-9H2. The minimum Gasteiger partial charge on any atom is -0.458 e. The van der Waals surface area contributed by atoms with Crippen LogP contribution in [0, 0.1) is 5.92 Å². The van der Waals surface area contributed by atoms with Gasteiger partial charge in [0.15, 0.2) is 5.78 Å². The Morgan fingerprint density at radius 2 is 1.88 bits per heavy atom. The Kier molecular flexibility index (Phi) is 6.27. The van der Waals surface area contributed by atoms with Crippen LogP contribution in [0.25, 0.3) is 0 Å². The van der Waals surface area contributed by atoms with Gasteiger partial charge in [0.2, 0.25) is 0 Å². The quantitative estimate of drug-likeness (QED) is 0.442. The van der Waals surface area contributed by atoms with Gasteiger partial charge in [0, 0.05) is 6.08 Å². The molecule has 0 saturated heterocycles. The first-order valence-corrected chi connectivity index (χ1v) is 6.64. The molecule has 3 nitrogen and oxygen atoms in total. The predicted octanol–water partition coefficient (Wildman–Crippen LogP) is 2.86. The molecule has 2 atom stereocenters. The average Bonchev–Trinajstić information content (AvgIpc) is 2.31. The normalized spacial score (nSPS) is 25.5. The molecule has 0 heterocycles. The van der Waals surface area contributed by atoms with Crippen molar-refractivity contribution in [1.82, 2.24) is 0 Å². The third-order valence-electron chi connectivity index (χ3n) is 3.18. The molecule has 1 aliphatic rings. The molecular weight excluding hydrogens is 240 g/mol. The van der Waals surface area contributed by atoms with Crippen molar-refractivity contribution in [2.75, 3.05) is 5.88 Å². The number of halogens is 1. The molecule has 0 aromatic rings. The maximum atomic E-state index is 11.8. The van der Waals surface area contributed by atoms with Crippen LogP contribution < -0.4 is 0 Å². The van der Waals surface area contributed by atoms with E-state index in [1.807, 2.05) is 0 Å². The second kappa shape index (κ2) is 7.49. The number of carbonyl (C=O) groups is 2. The Labute approximate surface area is 107 Å². The van der Waals surface area contributed by atoms with Gasteiger partial charge < -0.3 is 4.74 Å². The summed E-state index contributed by atoms with van der Waals surface area (Å²) in [5, 5.41) is 0. The van der Waals surface area contributed by atoms with Crippen LogP contribution in [0.1, 0.15) is 38.5 Å². The zero-order valence-corrected chi connectivity index (χ0v) is 10.7. The van der Waals surface area contributed by atoms with Crippen LogP contribution in [0.2, 0.25) is 0 Å². The summed E-state index contributed by atoms with van der Waals surface area (Å²) >= 11 is 5.60. The molecule has 1 fully saturated rings. The van der Waals surface area contributed by atoms with Crippen molar-refractivity contribution in [3.8, 4) is 0 Å². The van der Waals surface area contributed by atoms with Gasteiger partial charge in [-0.3, -0.25) is 4.79 Å². The highest BCUT2D eigenvalue weighted by atomic mass is 35.5. The number of ketones is 1. The zero-order valence-electron chi connectivity index (χ0n) is 9.99. The molecular formula is C13H19ClO3. The molecule has 1 rings (SSSR count). The van der Waals surface area contributed by atoms with Crippen molar-refractivity contribution in [2.45, 2.75) is 44.6 Å². The minimum atomic E-state index is -0.456. The van der Waals surface area contributed by atoms with Gasteiger partial charge >= 0.3 is 5.97 Å². The summed E-state index contributed by atoms with van der Waals surface area (Å²) in [6.45, 7) is 3.37. The van der Waals surface area contributed by atoms with E-state index in [2.05, 4.69) is 6.58 Å². The van der Waals surface area contributed by atoms with Crippen LogP contribution in [0.5, 0.6) is 0 Å². The molecule has 1 aliphatic carbocycles. The van der Waals surface area contributed by atoms with Crippen LogP contribution in [-0.2, 0) is 14.3 Å². The number of hydrogen-bond acceptors (Lipinski definition) is 3. The second-order valence-electron chi connectivity index (χ2n) is 4.38. The monoisotopic (exact) mass is 258 g/mol. The van der Waals surface area contributed by atoms with Crippen LogP contribution in [0.15, 0.2) is 12.7 Å². The summed E-state index contributed by atoms with van der Waals surface area (Å²) in [6.07, 6.45) is 6.57. The van der Waals surface area contributed by atoms with Gasteiger partial charge in [-0.05, 0) is 19.3 Å². The minimum absolute atomic E-state index is 0.00714. The first-order valence-electron chi connectivity index (χ1n) is 6.10. The third kappa shape index (κ3) is 4.50. The predicted molar refractivity (Wildman–Crippen MR) is 67.0 cm³/mol. The highest BCUT2D eigenvalue weighted by molar-refractivity contribution is 6.27. The van der Waals surface area contributed by atoms with Crippen molar-refractivity contribution in [3.05, 3.63) is 12.7 Å². The molecule has 0 spiro atoms. The van der Waals surface area contributed by atoms with Gasteiger partial charge in [0.1, 0.15) is 6.10 Å². The lowest BCUT2D eigenvalue weighted by molar-refractivity contribution is -0.148. The maximum absolute atomic E-state index is 11.8. The number of hydrogen-bond donors (Lipinski definition) is 0. The van der Waals surface area contributed by atoms with Gasteiger partial charge in [0.25, 0.3) is 0 Å². The zero-order chi connectivity index (χ0) is 12.7. The molecule has 0 amide bonds. The van der Waals surface area contributed by atoms with E-state index in [4.69, 9.17) is 16.3 Å². The molecule has 0 bridgehead atoms. The lowest BCUT2D eigenvalue weighted by atomic mass is 9.86. The van der Waals surface area contributed by atoms with E-state index >= 15 is 0 Å². The summed E-state index contributed by atoms with van der Waals surface area (Å²) in [4.78, 5) is 23.0. The lowest BCUT2D eigenvalue weighted by Gasteiger charge is -2.27. The highest BCUT2D eigenvalue weighted by Crippen LogP contribution is 2.26. The van der Waals surface area contributed by atoms with Gasteiger partial charge in [-0.25, -0.2) is 4.79 Å². The van der Waals surface area contributed by atoms with Crippen LogP contribution in [-0.4, -0.2) is 23.7 Å². The Hall–Kier alpha value is -0.830. The van der Waals surface area contributed by atoms with E-state index in [9.17, 15) is 9.59 Å². The highest BCUT2D eigenvalue weighted by Gasteiger charge is 2.30. The molecule has 17 heavy (non-hydrogen) atoms. The van der Waals surface area contributed by atoms with E-state index in [0.29, 0.717) is 0 Å². The first kappa shape index (κ1) is 14.2. The number of ether oxygens (including phenoxy) is 1. The molecule has 0 radical (unpaired) electrons. The van der Waals surface area contributed by atoms with Crippen LogP contribution in [0.4, 0.5) is 0 Å². The third-order valence-corrected chi connectivity index (χ3v) is 3.45. The summed E-state index contributed by atoms with van der Waals surface area (Å²) in [6, 6.07) is 0. The number of rotatable bonds is 4. The molecule has 0 aromatic carbocycles. The summed E-state index contributed by atoms with van der Waals surface area (Å²) in [5.74, 6) is -0.720. The Morgan fingerprint density at radius 3 is 2.47 bits per heavy atom. The topological polar surface area (TPSA) is 43.4 Å². The number of alkyl halides is 1. The Bertz CT molecular complexity index is 288. The first-order chi connectivity index (χ1) is 8.19. The summed E-state index contributed by atoms with van der Waals surface area (Å²) in [5.41, 5.74) is 0. The van der Waals surface area contributed by atoms with Gasteiger partial charge in [0.05, 0.1) is 11.8 Å². The fraction of sp³-hybridized carbons (Fsp3) is 0.692. The summed E-state index contributed by atoms with van der Waals surface area (Å²) < 4.78 is 5.28. The number of carbonyl (C=O) groups excluding carboxylic acids is 2. The van der Waals surface area contributed by atoms with E-state index in [1.165, 1.54) is 0 Å². The van der Waals surface area contributed by atoms with Gasteiger partial charge in [-0.15, -0.1) is 11.6 Å². The van der Waals surface area contributed by atoms with Gasteiger partial charge in [-0.1, -0.05) is 25.8 Å².